The van der Waals surface area contributed by atoms with Crippen molar-refractivity contribution in [1.29, 1.82) is 0 Å². The molecule has 0 aromatic carbocycles. The predicted molar refractivity (Wildman–Crippen MR) is 62.2 cm³/mol. The number of hydrogen-bond donors (Lipinski definition) is 1. The maximum absolute atomic E-state index is 10.6. The Balaban J connectivity index is 1.79. The summed E-state index contributed by atoms with van der Waals surface area (Å²) in [5.74, 6) is -0.116. The fraction of sp³-hybridized carbons (Fsp3) is 0.667. The third kappa shape index (κ3) is 3.02. The van der Waals surface area contributed by atoms with Crippen molar-refractivity contribution in [3.63, 3.8) is 0 Å². The molecule has 0 unspecified atom stereocenters. The highest BCUT2D eigenvalue weighted by molar-refractivity contribution is 9.10. The molecule has 7 heteroatoms. The number of nitrogens with one attached hydrogen (secondary N) is 1. The van der Waals surface area contributed by atoms with E-state index in [0.717, 1.165) is 13.0 Å². The van der Waals surface area contributed by atoms with Crippen LogP contribution in [-0.2, 0) is 6.54 Å². The molecule has 1 saturated carbocycles. The lowest BCUT2D eigenvalue weighted by atomic mass is 10.4. The van der Waals surface area contributed by atoms with Gasteiger partial charge >= 0.3 is 5.82 Å². The van der Waals surface area contributed by atoms with E-state index < -0.39 is 4.92 Å². The van der Waals surface area contributed by atoms with Crippen LogP contribution in [0.3, 0.4) is 0 Å². The summed E-state index contributed by atoms with van der Waals surface area (Å²) in [4.78, 5) is 10.1. The molecule has 1 aromatic rings. The van der Waals surface area contributed by atoms with Gasteiger partial charge in [0.15, 0.2) is 0 Å². The Labute approximate surface area is 101 Å². The number of aromatic nitrogens is 2. The van der Waals surface area contributed by atoms with Crippen molar-refractivity contribution >= 4 is 21.7 Å². The first-order valence-corrected chi connectivity index (χ1v) is 6.07. The minimum absolute atomic E-state index is 0.116. The van der Waals surface area contributed by atoms with E-state index in [1.165, 1.54) is 12.8 Å². The summed E-state index contributed by atoms with van der Waals surface area (Å²) < 4.78 is 2.05. The SMILES string of the molecule is O=[N+]([O-])c1nn(CCCNC2CC2)cc1Br. The molecule has 16 heavy (non-hydrogen) atoms. The van der Waals surface area contributed by atoms with Crippen LogP contribution in [0.2, 0.25) is 0 Å². The van der Waals surface area contributed by atoms with Crippen LogP contribution in [0, 0.1) is 10.1 Å². The zero-order valence-corrected chi connectivity index (χ0v) is 10.3. The standard InChI is InChI=1S/C9H13BrN4O2/c10-8-6-13(12-9(8)14(15)16)5-1-4-11-7-2-3-7/h6-7,11H,1-5H2. The molecule has 88 valence electrons. The van der Waals surface area contributed by atoms with Crippen LogP contribution in [0.25, 0.3) is 0 Å². The highest BCUT2D eigenvalue weighted by Crippen LogP contribution is 2.22. The molecule has 1 fully saturated rings. The fourth-order valence-electron chi connectivity index (χ4n) is 1.46. The van der Waals surface area contributed by atoms with Crippen LogP contribution in [0.15, 0.2) is 10.7 Å². The number of halogens is 1. The lowest BCUT2D eigenvalue weighted by molar-refractivity contribution is -0.390. The first-order chi connectivity index (χ1) is 7.66. The van der Waals surface area contributed by atoms with Crippen LogP contribution in [0.4, 0.5) is 5.82 Å². The van der Waals surface area contributed by atoms with Gasteiger partial charge in [0.1, 0.15) is 4.47 Å². The van der Waals surface area contributed by atoms with Gasteiger partial charge in [0.2, 0.25) is 0 Å². The second-order valence-electron chi connectivity index (χ2n) is 3.90. The second kappa shape index (κ2) is 4.92. The van der Waals surface area contributed by atoms with Gasteiger partial charge in [-0.15, -0.1) is 0 Å². The zero-order valence-electron chi connectivity index (χ0n) is 8.73. The van der Waals surface area contributed by atoms with E-state index in [1.54, 1.807) is 10.9 Å². The summed E-state index contributed by atoms with van der Waals surface area (Å²) in [6.45, 7) is 1.64. The summed E-state index contributed by atoms with van der Waals surface area (Å²) in [6, 6.07) is 0.707. The zero-order chi connectivity index (χ0) is 11.5. The minimum atomic E-state index is -0.483. The van der Waals surface area contributed by atoms with Crippen molar-refractivity contribution in [3.8, 4) is 0 Å². The molecule has 1 aromatic heterocycles. The van der Waals surface area contributed by atoms with E-state index in [9.17, 15) is 10.1 Å². The van der Waals surface area contributed by atoms with E-state index >= 15 is 0 Å². The second-order valence-corrected chi connectivity index (χ2v) is 4.76. The third-order valence-electron chi connectivity index (χ3n) is 2.45. The summed E-state index contributed by atoms with van der Waals surface area (Å²) in [6.07, 6.45) is 5.13. The van der Waals surface area contributed by atoms with Gasteiger partial charge in [0.25, 0.3) is 0 Å². The monoisotopic (exact) mass is 288 g/mol. The Kier molecular flexibility index (Phi) is 3.55. The summed E-state index contributed by atoms with van der Waals surface area (Å²) in [7, 11) is 0. The van der Waals surface area contributed by atoms with Crippen molar-refractivity contribution in [2.45, 2.75) is 31.8 Å². The minimum Gasteiger partial charge on any atom is -0.358 e. The summed E-state index contributed by atoms with van der Waals surface area (Å²) >= 11 is 3.12. The number of nitro groups is 1. The largest absolute Gasteiger partial charge is 0.404 e. The van der Waals surface area contributed by atoms with E-state index in [1.807, 2.05) is 0 Å². The van der Waals surface area contributed by atoms with Gasteiger partial charge in [-0.2, -0.15) is 4.68 Å². The topological polar surface area (TPSA) is 73.0 Å². The molecule has 1 N–H and O–H groups in total. The molecule has 2 rings (SSSR count). The molecule has 0 saturated heterocycles. The van der Waals surface area contributed by atoms with Crippen molar-refractivity contribution in [3.05, 3.63) is 20.8 Å². The van der Waals surface area contributed by atoms with Gasteiger partial charge in [-0.05, 0) is 46.7 Å². The molecule has 0 atom stereocenters. The summed E-state index contributed by atoms with van der Waals surface area (Å²) in [5.41, 5.74) is 0. The maximum atomic E-state index is 10.6. The number of hydrogen-bond acceptors (Lipinski definition) is 4. The number of nitrogens with zero attached hydrogens (tertiary/aromatic N) is 3. The predicted octanol–water partition coefficient (Wildman–Crippen LogP) is 1.70. The molecule has 1 aliphatic carbocycles. The lowest BCUT2D eigenvalue weighted by Crippen LogP contribution is -2.19. The molecular formula is C9H13BrN4O2. The quantitative estimate of drug-likeness (QED) is 0.491. The number of rotatable bonds is 6. The van der Waals surface area contributed by atoms with Gasteiger partial charge in [0, 0.05) is 6.04 Å². The van der Waals surface area contributed by atoms with Crippen LogP contribution in [-0.4, -0.2) is 27.3 Å². The highest BCUT2D eigenvalue weighted by Gasteiger charge is 2.20. The van der Waals surface area contributed by atoms with E-state index in [2.05, 4.69) is 26.3 Å². The highest BCUT2D eigenvalue weighted by atomic mass is 79.9. The smallest absolute Gasteiger partial charge is 0.358 e. The van der Waals surface area contributed by atoms with Crippen LogP contribution < -0.4 is 5.32 Å². The Morgan fingerprint density at radius 2 is 2.44 bits per heavy atom. The average molecular weight is 289 g/mol. The van der Waals surface area contributed by atoms with Gasteiger partial charge in [-0.3, -0.25) is 0 Å². The Morgan fingerprint density at radius 3 is 3.00 bits per heavy atom. The Hall–Kier alpha value is -0.950. The van der Waals surface area contributed by atoms with Crippen LogP contribution in [0.1, 0.15) is 19.3 Å². The van der Waals surface area contributed by atoms with E-state index in [-0.39, 0.29) is 5.82 Å². The molecule has 0 amide bonds. The van der Waals surface area contributed by atoms with Crippen LogP contribution >= 0.6 is 15.9 Å². The first-order valence-electron chi connectivity index (χ1n) is 5.27. The molecular weight excluding hydrogens is 276 g/mol. The van der Waals surface area contributed by atoms with E-state index in [0.29, 0.717) is 17.1 Å². The summed E-state index contributed by atoms with van der Waals surface area (Å²) in [5, 5.41) is 17.8. The maximum Gasteiger partial charge on any atom is 0.404 e. The molecule has 0 radical (unpaired) electrons. The number of aryl methyl sites for hydroxylation is 1. The molecule has 0 spiro atoms. The normalized spacial score (nSPS) is 15.3. The van der Waals surface area contributed by atoms with Gasteiger partial charge in [-0.25, -0.2) is 0 Å². The van der Waals surface area contributed by atoms with E-state index in [4.69, 9.17) is 0 Å². The fourth-order valence-corrected chi connectivity index (χ4v) is 1.92. The van der Waals surface area contributed by atoms with Gasteiger partial charge in [-0.1, -0.05) is 0 Å². The van der Waals surface area contributed by atoms with Gasteiger partial charge in [0.05, 0.1) is 17.8 Å². The van der Waals surface area contributed by atoms with Gasteiger partial charge < -0.3 is 15.4 Å². The van der Waals surface area contributed by atoms with Crippen molar-refractivity contribution in [2.75, 3.05) is 6.54 Å². The molecule has 6 nitrogen and oxygen atoms in total. The molecule has 1 heterocycles. The average Bonchev–Trinajstić information content (AvgIpc) is 2.97. The molecule has 1 aliphatic rings. The Morgan fingerprint density at radius 1 is 1.69 bits per heavy atom. The third-order valence-corrected chi connectivity index (χ3v) is 3.01. The molecule has 0 bridgehead atoms. The van der Waals surface area contributed by atoms with Crippen molar-refractivity contribution in [2.24, 2.45) is 0 Å². The lowest BCUT2D eigenvalue weighted by Gasteiger charge is -2.00. The Bertz CT molecular complexity index is 389. The van der Waals surface area contributed by atoms with Crippen LogP contribution in [0.5, 0.6) is 0 Å². The van der Waals surface area contributed by atoms with Crippen molar-refractivity contribution < 1.29 is 4.92 Å². The first kappa shape index (κ1) is 11.5. The van der Waals surface area contributed by atoms with Crippen molar-refractivity contribution in [1.82, 2.24) is 15.1 Å². The molecule has 0 aliphatic heterocycles.